The van der Waals surface area contributed by atoms with Gasteiger partial charge in [-0.05, 0) is 31.4 Å². The Morgan fingerprint density at radius 2 is 1.95 bits per heavy atom. The van der Waals surface area contributed by atoms with Gasteiger partial charge in [-0.1, -0.05) is 57.5 Å². The summed E-state index contributed by atoms with van der Waals surface area (Å²) in [7, 11) is 2.27. The van der Waals surface area contributed by atoms with E-state index in [9.17, 15) is 0 Å². The van der Waals surface area contributed by atoms with Crippen LogP contribution in [0.5, 0.6) is 0 Å². The van der Waals surface area contributed by atoms with Gasteiger partial charge >= 0.3 is 0 Å². The van der Waals surface area contributed by atoms with Crippen LogP contribution in [0.2, 0.25) is 0 Å². The molecule has 2 heteroatoms. The van der Waals surface area contributed by atoms with Crippen molar-refractivity contribution >= 4 is 0 Å². The van der Waals surface area contributed by atoms with E-state index in [0.717, 1.165) is 25.0 Å². The Morgan fingerprint density at radius 3 is 2.52 bits per heavy atom. The number of hydrogen-bond donors (Lipinski definition) is 1. The van der Waals surface area contributed by atoms with Crippen LogP contribution in [0, 0.1) is 5.92 Å². The topological polar surface area (TPSA) is 15.3 Å². The van der Waals surface area contributed by atoms with Gasteiger partial charge in [-0.25, -0.2) is 0 Å². The van der Waals surface area contributed by atoms with Gasteiger partial charge in [-0.2, -0.15) is 0 Å². The quantitative estimate of drug-likeness (QED) is 0.746. The highest BCUT2D eigenvalue weighted by Crippen LogP contribution is 2.27. The molecule has 1 aromatic carbocycles. The Labute approximate surface area is 130 Å². The summed E-state index contributed by atoms with van der Waals surface area (Å²) in [6.45, 7) is 10.4. The smallest absolute Gasteiger partial charge is 0.0177 e. The van der Waals surface area contributed by atoms with E-state index in [2.05, 4.69) is 68.4 Å². The van der Waals surface area contributed by atoms with E-state index in [1.54, 1.807) is 0 Å². The summed E-state index contributed by atoms with van der Waals surface area (Å²) in [6.07, 6.45) is 3.97. The van der Waals surface area contributed by atoms with E-state index in [1.807, 2.05) is 0 Å². The van der Waals surface area contributed by atoms with Crippen molar-refractivity contribution in [1.82, 2.24) is 10.2 Å². The number of nitrogens with one attached hydrogen (secondary N) is 1. The van der Waals surface area contributed by atoms with E-state index >= 15 is 0 Å². The van der Waals surface area contributed by atoms with Crippen LogP contribution in [0.25, 0.3) is 0 Å². The highest BCUT2D eigenvalue weighted by Gasteiger charge is 2.31. The van der Waals surface area contributed by atoms with Crippen molar-refractivity contribution in [1.29, 1.82) is 0 Å². The fraction of sp³-hybridized carbons (Fsp3) is 0.684. The standard InChI is InChI=1S/C19H32N2/c1-5-16(2)13-21(4)15-19(3,14-20-18-11-12-18)17-9-7-6-8-10-17/h6-10,16,18,20H,5,11-15H2,1-4H3. The van der Waals surface area contributed by atoms with Crippen molar-refractivity contribution in [3.63, 3.8) is 0 Å². The number of hydrogen-bond acceptors (Lipinski definition) is 2. The van der Waals surface area contributed by atoms with Gasteiger partial charge in [0.1, 0.15) is 0 Å². The molecule has 0 aliphatic heterocycles. The summed E-state index contributed by atoms with van der Waals surface area (Å²) in [4.78, 5) is 2.51. The minimum Gasteiger partial charge on any atom is -0.313 e. The van der Waals surface area contributed by atoms with Gasteiger partial charge in [0.05, 0.1) is 0 Å². The zero-order chi connectivity index (χ0) is 15.3. The highest BCUT2D eigenvalue weighted by molar-refractivity contribution is 5.26. The van der Waals surface area contributed by atoms with Crippen molar-refractivity contribution in [2.45, 2.75) is 51.5 Å². The zero-order valence-electron chi connectivity index (χ0n) is 14.2. The van der Waals surface area contributed by atoms with Crippen LogP contribution in [0.1, 0.15) is 45.6 Å². The van der Waals surface area contributed by atoms with Gasteiger partial charge in [0.25, 0.3) is 0 Å². The van der Waals surface area contributed by atoms with Gasteiger partial charge < -0.3 is 10.2 Å². The predicted octanol–water partition coefficient (Wildman–Crippen LogP) is 3.67. The maximum absolute atomic E-state index is 3.74. The lowest BCUT2D eigenvalue weighted by atomic mass is 9.81. The molecule has 21 heavy (non-hydrogen) atoms. The monoisotopic (exact) mass is 288 g/mol. The van der Waals surface area contributed by atoms with Crippen molar-refractivity contribution in [3.05, 3.63) is 35.9 Å². The molecule has 2 nitrogen and oxygen atoms in total. The molecule has 1 aliphatic rings. The number of benzene rings is 1. The van der Waals surface area contributed by atoms with Gasteiger partial charge in [0.15, 0.2) is 0 Å². The third kappa shape index (κ3) is 5.12. The molecule has 0 aromatic heterocycles. The Bertz CT molecular complexity index is 413. The maximum Gasteiger partial charge on any atom is 0.0177 e. The third-order valence-corrected chi connectivity index (χ3v) is 4.77. The average Bonchev–Trinajstić information content (AvgIpc) is 3.30. The summed E-state index contributed by atoms with van der Waals surface area (Å²) >= 11 is 0. The molecule has 2 rings (SSSR count). The first-order chi connectivity index (χ1) is 10.0. The second kappa shape index (κ2) is 7.42. The fourth-order valence-electron chi connectivity index (χ4n) is 3.07. The second-order valence-corrected chi connectivity index (χ2v) is 7.29. The average molecular weight is 288 g/mol. The second-order valence-electron chi connectivity index (χ2n) is 7.29. The lowest BCUT2D eigenvalue weighted by molar-refractivity contribution is 0.221. The molecule has 0 saturated heterocycles. The highest BCUT2D eigenvalue weighted by atomic mass is 15.1. The molecule has 0 bridgehead atoms. The van der Waals surface area contributed by atoms with Crippen molar-refractivity contribution < 1.29 is 0 Å². The van der Waals surface area contributed by atoms with Crippen molar-refractivity contribution in [3.8, 4) is 0 Å². The zero-order valence-corrected chi connectivity index (χ0v) is 14.2. The van der Waals surface area contributed by atoms with Crippen LogP contribution in [-0.2, 0) is 5.41 Å². The molecule has 118 valence electrons. The van der Waals surface area contributed by atoms with E-state index in [0.29, 0.717) is 0 Å². The molecule has 2 unspecified atom stereocenters. The Hall–Kier alpha value is -0.860. The minimum atomic E-state index is 0.187. The van der Waals surface area contributed by atoms with Crippen LogP contribution in [0.4, 0.5) is 0 Å². The summed E-state index contributed by atoms with van der Waals surface area (Å²) in [6, 6.07) is 11.8. The number of likely N-dealkylation sites (N-methyl/N-ethyl adjacent to an activating group) is 1. The van der Waals surface area contributed by atoms with Crippen LogP contribution in [0.3, 0.4) is 0 Å². The van der Waals surface area contributed by atoms with E-state index in [-0.39, 0.29) is 5.41 Å². The Morgan fingerprint density at radius 1 is 1.29 bits per heavy atom. The predicted molar refractivity (Wildman–Crippen MR) is 91.8 cm³/mol. The minimum absolute atomic E-state index is 0.187. The molecule has 0 radical (unpaired) electrons. The van der Waals surface area contributed by atoms with Gasteiger partial charge in [0.2, 0.25) is 0 Å². The van der Waals surface area contributed by atoms with Gasteiger partial charge in [-0.15, -0.1) is 0 Å². The number of nitrogens with zero attached hydrogens (tertiary/aromatic N) is 1. The summed E-state index contributed by atoms with van der Waals surface area (Å²) in [5.74, 6) is 0.770. The fourth-order valence-corrected chi connectivity index (χ4v) is 3.07. The molecule has 2 atom stereocenters. The SMILES string of the molecule is CCC(C)CN(C)CC(C)(CNC1CC1)c1ccccc1. The van der Waals surface area contributed by atoms with E-state index in [1.165, 1.54) is 31.4 Å². The normalized spacial score (nSPS) is 19.5. The first-order valence-corrected chi connectivity index (χ1v) is 8.51. The van der Waals surface area contributed by atoms with Gasteiger partial charge in [0, 0.05) is 31.1 Å². The first kappa shape index (κ1) is 16.5. The largest absolute Gasteiger partial charge is 0.313 e. The number of rotatable bonds is 9. The van der Waals surface area contributed by atoms with Crippen molar-refractivity contribution in [2.24, 2.45) is 5.92 Å². The van der Waals surface area contributed by atoms with Gasteiger partial charge in [-0.3, -0.25) is 0 Å². The summed E-state index contributed by atoms with van der Waals surface area (Å²) in [5.41, 5.74) is 1.64. The molecule has 0 spiro atoms. The third-order valence-electron chi connectivity index (χ3n) is 4.77. The Balaban J connectivity index is 2.03. The molecule has 1 fully saturated rings. The van der Waals surface area contributed by atoms with Crippen LogP contribution in [-0.4, -0.2) is 37.6 Å². The van der Waals surface area contributed by atoms with E-state index in [4.69, 9.17) is 0 Å². The molecule has 1 saturated carbocycles. The van der Waals surface area contributed by atoms with Crippen molar-refractivity contribution in [2.75, 3.05) is 26.7 Å². The molecule has 1 N–H and O–H groups in total. The Kier molecular flexibility index (Phi) is 5.83. The first-order valence-electron chi connectivity index (χ1n) is 8.51. The lowest BCUT2D eigenvalue weighted by Gasteiger charge is -2.36. The molecule has 1 aromatic rings. The maximum atomic E-state index is 3.74. The molecule has 0 amide bonds. The van der Waals surface area contributed by atoms with Crippen LogP contribution in [0.15, 0.2) is 30.3 Å². The molecule has 0 heterocycles. The molecular formula is C19H32N2. The molecule has 1 aliphatic carbocycles. The van der Waals surface area contributed by atoms with E-state index < -0.39 is 0 Å². The lowest BCUT2D eigenvalue weighted by Crippen LogP contribution is -2.45. The van der Waals surface area contributed by atoms with Crippen LogP contribution >= 0.6 is 0 Å². The van der Waals surface area contributed by atoms with Crippen LogP contribution < -0.4 is 5.32 Å². The summed E-state index contributed by atoms with van der Waals surface area (Å²) in [5, 5.41) is 3.74. The molecular weight excluding hydrogens is 256 g/mol. The summed E-state index contributed by atoms with van der Waals surface area (Å²) < 4.78 is 0.